The molecule has 1 amide bonds. The molecule has 1 atom stereocenters. The third kappa shape index (κ3) is 5.15. The maximum atomic E-state index is 10.8. The minimum atomic E-state index is -1.04. The standard InChI is InChI=1S/C8H14N2O4/c1-2-3-14-8(13)10-5-6(4-9)7(11)12/h2,6H,1,3-5,9H2,(H,10,13)(H,11,12). The van der Waals surface area contributed by atoms with Gasteiger partial charge in [0.2, 0.25) is 0 Å². The van der Waals surface area contributed by atoms with Crippen LogP contribution in [0, 0.1) is 5.92 Å². The van der Waals surface area contributed by atoms with E-state index in [9.17, 15) is 9.59 Å². The molecule has 1 unspecified atom stereocenters. The number of hydrogen-bond donors (Lipinski definition) is 3. The summed E-state index contributed by atoms with van der Waals surface area (Å²) in [6.07, 6.45) is 0.738. The highest BCUT2D eigenvalue weighted by Crippen LogP contribution is 1.91. The van der Waals surface area contributed by atoms with Crippen LogP contribution in [0.5, 0.6) is 0 Å². The van der Waals surface area contributed by atoms with Gasteiger partial charge in [-0.05, 0) is 0 Å². The Morgan fingerprint density at radius 3 is 2.71 bits per heavy atom. The topological polar surface area (TPSA) is 102 Å². The van der Waals surface area contributed by atoms with Gasteiger partial charge in [0.15, 0.2) is 0 Å². The zero-order chi connectivity index (χ0) is 11.0. The predicted octanol–water partition coefficient (Wildman–Crippen LogP) is -0.442. The molecule has 0 aliphatic heterocycles. The summed E-state index contributed by atoms with van der Waals surface area (Å²) in [5.41, 5.74) is 5.17. The molecule has 0 saturated heterocycles. The van der Waals surface area contributed by atoms with Crippen LogP contribution >= 0.6 is 0 Å². The Labute approximate surface area is 81.7 Å². The Morgan fingerprint density at radius 1 is 1.64 bits per heavy atom. The van der Waals surface area contributed by atoms with Crippen molar-refractivity contribution in [2.24, 2.45) is 11.7 Å². The number of nitrogens with one attached hydrogen (secondary N) is 1. The average Bonchev–Trinajstić information content (AvgIpc) is 2.15. The first kappa shape index (κ1) is 12.4. The summed E-state index contributed by atoms with van der Waals surface area (Å²) in [5.74, 6) is -1.83. The molecule has 0 spiro atoms. The van der Waals surface area contributed by atoms with Gasteiger partial charge < -0.3 is 20.9 Å². The molecule has 14 heavy (non-hydrogen) atoms. The number of carbonyl (C=O) groups is 2. The van der Waals surface area contributed by atoms with Crippen molar-refractivity contribution in [2.75, 3.05) is 19.7 Å². The maximum Gasteiger partial charge on any atom is 0.407 e. The molecule has 0 fully saturated rings. The van der Waals surface area contributed by atoms with Crippen LogP contribution in [0.2, 0.25) is 0 Å². The number of amides is 1. The highest BCUT2D eigenvalue weighted by molar-refractivity contribution is 5.72. The number of aliphatic carboxylic acids is 1. The van der Waals surface area contributed by atoms with Crippen molar-refractivity contribution in [3.8, 4) is 0 Å². The fraction of sp³-hybridized carbons (Fsp3) is 0.500. The first-order valence-electron chi connectivity index (χ1n) is 4.06. The Balaban J connectivity index is 3.73. The predicted molar refractivity (Wildman–Crippen MR) is 49.7 cm³/mol. The van der Waals surface area contributed by atoms with Crippen LogP contribution in [0.4, 0.5) is 4.79 Å². The average molecular weight is 202 g/mol. The van der Waals surface area contributed by atoms with Crippen LogP contribution in [0.1, 0.15) is 0 Å². The molecular formula is C8H14N2O4. The Bertz CT molecular complexity index is 217. The van der Waals surface area contributed by atoms with E-state index in [0.29, 0.717) is 0 Å². The quantitative estimate of drug-likeness (QED) is 0.507. The van der Waals surface area contributed by atoms with E-state index in [1.165, 1.54) is 6.08 Å². The molecule has 0 aromatic heterocycles. The van der Waals surface area contributed by atoms with E-state index in [1.807, 2.05) is 0 Å². The lowest BCUT2D eigenvalue weighted by Gasteiger charge is -2.10. The van der Waals surface area contributed by atoms with E-state index in [0.717, 1.165) is 0 Å². The number of alkyl carbamates (subject to hydrolysis) is 1. The van der Waals surface area contributed by atoms with E-state index in [1.54, 1.807) is 0 Å². The minimum absolute atomic E-state index is 0.0307. The van der Waals surface area contributed by atoms with Gasteiger partial charge in [-0.3, -0.25) is 4.79 Å². The van der Waals surface area contributed by atoms with Crippen molar-refractivity contribution < 1.29 is 19.4 Å². The largest absolute Gasteiger partial charge is 0.481 e. The van der Waals surface area contributed by atoms with E-state index >= 15 is 0 Å². The molecule has 0 aliphatic rings. The Hall–Kier alpha value is -1.56. The molecule has 0 aliphatic carbocycles. The molecule has 0 heterocycles. The fourth-order valence-electron chi connectivity index (χ4n) is 0.664. The van der Waals surface area contributed by atoms with Gasteiger partial charge in [0.25, 0.3) is 0 Å². The highest BCUT2D eigenvalue weighted by Gasteiger charge is 2.16. The van der Waals surface area contributed by atoms with Crippen molar-refractivity contribution in [3.63, 3.8) is 0 Å². The number of nitrogens with two attached hydrogens (primary N) is 1. The van der Waals surface area contributed by atoms with E-state index in [-0.39, 0.29) is 19.7 Å². The van der Waals surface area contributed by atoms with Crippen molar-refractivity contribution in [1.29, 1.82) is 0 Å². The van der Waals surface area contributed by atoms with Gasteiger partial charge in [-0.2, -0.15) is 0 Å². The zero-order valence-corrected chi connectivity index (χ0v) is 7.73. The summed E-state index contributed by atoms with van der Waals surface area (Å²) in [6.45, 7) is 3.37. The molecule has 6 heteroatoms. The second-order valence-corrected chi connectivity index (χ2v) is 2.54. The maximum absolute atomic E-state index is 10.8. The summed E-state index contributed by atoms with van der Waals surface area (Å²) in [6, 6.07) is 0. The number of carboxylic acid groups (broad SMARTS) is 1. The molecule has 0 saturated carbocycles. The summed E-state index contributed by atoms with van der Waals surface area (Å²) in [4.78, 5) is 21.3. The van der Waals surface area contributed by atoms with Gasteiger partial charge in [0, 0.05) is 13.1 Å². The van der Waals surface area contributed by atoms with Crippen LogP contribution in [-0.2, 0) is 9.53 Å². The number of carbonyl (C=O) groups excluding carboxylic acids is 1. The van der Waals surface area contributed by atoms with Gasteiger partial charge in [0.05, 0.1) is 5.92 Å². The number of rotatable bonds is 6. The zero-order valence-electron chi connectivity index (χ0n) is 7.73. The SMILES string of the molecule is C=CCOC(=O)NCC(CN)C(=O)O. The molecule has 0 bridgehead atoms. The van der Waals surface area contributed by atoms with Crippen LogP contribution in [0.3, 0.4) is 0 Å². The van der Waals surface area contributed by atoms with Gasteiger partial charge in [-0.15, -0.1) is 0 Å². The number of carboxylic acids is 1. The normalized spacial score (nSPS) is 11.5. The summed E-state index contributed by atoms with van der Waals surface area (Å²) >= 11 is 0. The highest BCUT2D eigenvalue weighted by atomic mass is 16.5. The van der Waals surface area contributed by atoms with Crippen LogP contribution in [-0.4, -0.2) is 36.9 Å². The lowest BCUT2D eigenvalue weighted by Crippen LogP contribution is -2.37. The van der Waals surface area contributed by atoms with Crippen LogP contribution in [0.25, 0.3) is 0 Å². The molecule has 0 aromatic rings. The Morgan fingerprint density at radius 2 is 2.29 bits per heavy atom. The third-order valence-corrected chi connectivity index (χ3v) is 1.46. The Kier molecular flexibility index (Phi) is 6.13. The summed E-state index contributed by atoms with van der Waals surface area (Å²) < 4.78 is 4.56. The van der Waals surface area contributed by atoms with E-state index < -0.39 is 18.0 Å². The fourth-order valence-corrected chi connectivity index (χ4v) is 0.664. The van der Waals surface area contributed by atoms with Gasteiger partial charge in [0.1, 0.15) is 6.61 Å². The van der Waals surface area contributed by atoms with Gasteiger partial charge in [-0.1, -0.05) is 12.7 Å². The molecule has 6 nitrogen and oxygen atoms in total. The van der Waals surface area contributed by atoms with Crippen molar-refractivity contribution in [2.45, 2.75) is 0 Å². The minimum Gasteiger partial charge on any atom is -0.481 e. The van der Waals surface area contributed by atoms with Gasteiger partial charge >= 0.3 is 12.1 Å². The van der Waals surface area contributed by atoms with E-state index in [2.05, 4.69) is 16.6 Å². The monoisotopic (exact) mass is 202 g/mol. The van der Waals surface area contributed by atoms with Gasteiger partial charge in [-0.25, -0.2) is 4.79 Å². The summed E-state index contributed by atoms with van der Waals surface area (Å²) in [7, 11) is 0. The molecule has 0 radical (unpaired) electrons. The second-order valence-electron chi connectivity index (χ2n) is 2.54. The third-order valence-electron chi connectivity index (χ3n) is 1.46. The molecular weight excluding hydrogens is 188 g/mol. The lowest BCUT2D eigenvalue weighted by molar-refractivity contribution is -0.141. The second kappa shape index (κ2) is 6.90. The number of hydrogen-bond acceptors (Lipinski definition) is 4. The first-order chi connectivity index (χ1) is 6.61. The molecule has 4 N–H and O–H groups in total. The number of ether oxygens (including phenoxy) is 1. The molecule has 0 aromatic carbocycles. The first-order valence-corrected chi connectivity index (χ1v) is 4.06. The van der Waals surface area contributed by atoms with Crippen LogP contribution in [0.15, 0.2) is 12.7 Å². The van der Waals surface area contributed by atoms with Crippen molar-refractivity contribution in [3.05, 3.63) is 12.7 Å². The lowest BCUT2D eigenvalue weighted by atomic mass is 10.1. The van der Waals surface area contributed by atoms with E-state index in [4.69, 9.17) is 10.8 Å². The molecule has 80 valence electrons. The van der Waals surface area contributed by atoms with Crippen molar-refractivity contribution >= 4 is 12.1 Å². The smallest absolute Gasteiger partial charge is 0.407 e. The van der Waals surface area contributed by atoms with Crippen LogP contribution < -0.4 is 11.1 Å². The molecule has 0 rings (SSSR count). The van der Waals surface area contributed by atoms with Crippen molar-refractivity contribution in [1.82, 2.24) is 5.32 Å². The summed E-state index contributed by atoms with van der Waals surface area (Å²) in [5, 5.41) is 10.9.